The molecule has 3 nitrogen and oxygen atoms in total. The number of hydrogen-bond acceptors (Lipinski definition) is 2. The lowest BCUT2D eigenvalue weighted by Gasteiger charge is -2.11. The molecule has 0 unspecified atom stereocenters. The Hall–Kier alpha value is -2.36. The second kappa shape index (κ2) is 5.10. The zero-order valence-corrected chi connectivity index (χ0v) is 10.6. The molecule has 0 bridgehead atoms. The molecule has 0 heterocycles. The molecule has 4 heteroatoms. The second-order valence-corrected chi connectivity index (χ2v) is 4.12. The van der Waals surface area contributed by atoms with E-state index >= 15 is 0 Å². The average Bonchev–Trinajstić information content (AvgIpc) is 2.38. The molecular formula is C15H13FO3. The highest BCUT2D eigenvalue weighted by Gasteiger charge is 2.18. The minimum atomic E-state index is -1.07. The van der Waals surface area contributed by atoms with Crippen LogP contribution in [0.2, 0.25) is 0 Å². The summed E-state index contributed by atoms with van der Waals surface area (Å²) < 4.78 is 19.1. The SMILES string of the molecule is COc1cccc(-c2cccc(C)c2C(=O)O)c1F. The predicted octanol–water partition coefficient (Wildman–Crippen LogP) is 3.51. The van der Waals surface area contributed by atoms with Crippen LogP contribution in [0.4, 0.5) is 4.39 Å². The Kier molecular flexibility index (Phi) is 3.51. The maximum atomic E-state index is 14.2. The lowest BCUT2D eigenvalue weighted by atomic mass is 9.95. The third-order valence-corrected chi connectivity index (χ3v) is 2.96. The fourth-order valence-corrected chi connectivity index (χ4v) is 2.05. The van der Waals surface area contributed by atoms with Gasteiger partial charge in [-0.05, 0) is 24.1 Å². The standard InChI is InChI=1S/C15H13FO3/c1-9-5-3-6-10(13(9)15(17)18)11-7-4-8-12(19-2)14(11)16/h3-8H,1-2H3,(H,17,18). The minimum Gasteiger partial charge on any atom is -0.494 e. The van der Waals surface area contributed by atoms with E-state index in [0.29, 0.717) is 11.1 Å². The largest absolute Gasteiger partial charge is 0.494 e. The summed E-state index contributed by atoms with van der Waals surface area (Å²) in [5.41, 5.74) is 1.27. The molecule has 98 valence electrons. The highest BCUT2D eigenvalue weighted by atomic mass is 19.1. The minimum absolute atomic E-state index is 0.0929. The second-order valence-electron chi connectivity index (χ2n) is 4.12. The molecule has 2 rings (SSSR count). The van der Waals surface area contributed by atoms with Gasteiger partial charge in [-0.15, -0.1) is 0 Å². The molecule has 0 atom stereocenters. The fraction of sp³-hybridized carbons (Fsp3) is 0.133. The first-order chi connectivity index (χ1) is 9.06. The lowest BCUT2D eigenvalue weighted by Crippen LogP contribution is -2.03. The predicted molar refractivity (Wildman–Crippen MR) is 70.1 cm³/mol. The van der Waals surface area contributed by atoms with Crippen molar-refractivity contribution < 1.29 is 19.0 Å². The molecule has 0 spiro atoms. The molecular weight excluding hydrogens is 247 g/mol. The summed E-state index contributed by atoms with van der Waals surface area (Å²) >= 11 is 0. The van der Waals surface area contributed by atoms with E-state index in [9.17, 15) is 14.3 Å². The first kappa shape index (κ1) is 13.1. The quantitative estimate of drug-likeness (QED) is 0.918. The van der Waals surface area contributed by atoms with Gasteiger partial charge in [-0.1, -0.05) is 30.3 Å². The molecule has 0 fully saturated rings. The van der Waals surface area contributed by atoms with Crippen molar-refractivity contribution in [2.75, 3.05) is 7.11 Å². The van der Waals surface area contributed by atoms with Crippen molar-refractivity contribution in [1.82, 2.24) is 0 Å². The molecule has 0 amide bonds. The van der Waals surface area contributed by atoms with Crippen molar-refractivity contribution in [3.8, 4) is 16.9 Å². The van der Waals surface area contributed by atoms with Crippen LogP contribution >= 0.6 is 0 Å². The molecule has 2 aromatic rings. The van der Waals surface area contributed by atoms with E-state index in [2.05, 4.69) is 0 Å². The van der Waals surface area contributed by atoms with Gasteiger partial charge in [0.05, 0.1) is 12.7 Å². The number of aromatic carboxylic acids is 1. The first-order valence-electron chi connectivity index (χ1n) is 5.72. The van der Waals surface area contributed by atoms with Gasteiger partial charge in [0.25, 0.3) is 0 Å². The molecule has 19 heavy (non-hydrogen) atoms. The van der Waals surface area contributed by atoms with Gasteiger partial charge in [-0.2, -0.15) is 0 Å². The number of carboxylic acids is 1. The Labute approximate surface area is 110 Å². The molecule has 0 aliphatic carbocycles. The van der Waals surface area contributed by atoms with Crippen molar-refractivity contribution in [2.45, 2.75) is 6.92 Å². The van der Waals surface area contributed by atoms with Gasteiger partial charge in [0, 0.05) is 5.56 Å². The third kappa shape index (κ3) is 2.29. The lowest BCUT2D eigenvalue weighted by molar-refractivity contribution is 0.0697. The van der Waals surface area contributed by atoms with Crippen LogP contribution in [0.25, 0.3) is 11.1 Å². The topological polar surface area (TPSA) is 46.5 Å². The van der Waals surface area contributed by atoms with Gasteiger partial charge in [-0.3, -0.25) is 0 Å². The summed E-state index contributed by atoms with van der Waals surface area (Å²) in [6.45, 7) is 1.69. The molecule has 1 N–H and O–H groups in total. The van der Waals surface area contributed by atoms with E-state index in [0.717, 1.165) is 0 Å². The highest BCUT2D eigenvalue weighted by molar-refractivity contribution is 5.97. The summed E-state index contributed by atoms with van der Waals surface area (Å²) in [4.78, 5) is 11.3. The number of carbonyl (C=O) groups is 1. The average molecular weight is 260 g/mol. The zero-order valence-electron chi connectivity index (χ0n) is 10.6. The summed E-state index contributed by atoms with van der Waals surface area (Å²) in [5.74, 6) is -1.54. The van der Waals surface area contributed by atoms with E-state index in [1.165, 1.54) is 13.2 Å². The summed E-state index contributed by atoms with van der Waals surface area (Å²) in [6, 6.07) is 9.65. The molecule has 0 saturated carbocycles. The van der Waals surface area contributed by atoms with Gasteiger partial charge < -0.3 is 9.84 Å². The Balaban J connectivity index is 2.73. The number of rotatable bonds is 3. The zero-order chi connectivity index (χ0) is 14.0. The van der Waals surface area contributed by atoms with E-state index in [-0.39, 0.29) is 16.9 Å². The van der Waals surface area contributed by atoms with Crippen molar-refractivity contribution in [1.29, 1.82) is 0 Å². The number of aryl methyl sites for hydroxylation is 1. The van der Waals surface area contributed by atoms with Crippen molar-refractivity contribution in [3.63, 3.8) is 0 Å². The number of carboxylic acid groups (broad SMARTS) is 1. The molecule has 0 radical (unpaired) electrons. The Bertz CT molecular complexity index is 635. The number of hydrogen-bond donors (Lipinski definition) is 1. The van der Waals surface area contributed by atoms with Crippen LogP contribution in [0.1, 0.15) is 15.9 Å². The fourth-order valence-electron chi connectivity index (χ4n) is 2.05. The molecule has 2 aromatic carbocycles. The van der Waals surface area contributed by atoms with Crippen LogP contribution in [0.15, 0.2) is 36.4 Å². The van der Waals surface area contributed by atoms with Gasteiger partial charge >= 0.3 is 5.97 Å². The van der Waals surface area contributed by atoms with Crippen LogP contribution in [-0.4, -0.2) is 18.2 Å². The number of methoxy groups -OCH3 is 1. The van der Waals surface area contributed by atoms with Crippen LogP contribution < -0.4 is 4.74 Å². The summed E-state index contributed by atoms with van der Waals surface area (Å²) in [5, 5.41) is 9.27. The summed E-state index contributed by atoms with van der Waals surface area (Å²) in [6.07, 6.45) is 0. The Morgan fingerprint density at radius 2 is 1.79 bits per heavy atom. The smallest absolute Gasteiger partial charge is 0.336 e. The van der Waals surface area contributed by atoms with Gasteiger partial charge in [0.1, 0.15) is 0 Å². The van der Waals surface area contributed by atoms with E-state index in [1.54, 1.807) is 37.3 Å². The van der Waals surface area contributed by atoms with Gasteiger partial charge in [0.2, 0.25) is 0 Å². The normalized spacial score (nSPS) is 10.3. The van der Waals surface area contributed by atoms with Crippen LogP contribution in [0, 0.1) is 12.7 Å². The van der Waals surface area contributed by atoms with Crippen LogP contribution in [-0.2, 0) is 0 Å². The third-order valence-electron chi connectivity index (χ3n) is 2.96. The molecule has 0 aromatic heterocycles. The van der Waals surface area contributed by atoms with Gasteiger partial charge in [0.15, 0.2) is 11.6 Å². The molecule has 0 saturated heterocycles. The van der Waals surface area contributed by atoms with Crippen LogP contribution in [0.3, 0.4) is 0 Å². The molecule has 0 aliphatic heterocycles. The van der Waals surface area contributed by atoms with E-state index in [1.807, 2.05) is 0 Å². The summed E-state index contributed by atoms with van der Waals surface area (Å²) in [7, 11) is 1.37. The Morgan fingerprint density at radius 3 is 2.42 bits per heavy atom. The number of benzene rings is 2. The van der Waals surface area contributed by atoms with E-state index in [4.69, 9.17) is 4.74 Å². The van der Waals surface area contributed by atoms with E-state index < -0.39 is 11.8 Å². The maximum Gasteiger partial charge on any atom is 0.336 e. The Morgan fingerprint density at radius 1 is 1.16 bits per heavy atom. The van der Waals surface area contributed by atoms with Gasteiger partial charge in [-0.25, -0.2) is 9.18 Å². The van der Waals surface area contributed by atoms with Crippen molar-refractivity contribution in [3.05, 3.63) is 53.3 Å². The van der Waals surface area contributed by atoms with Crippen molar-refractivity contribution >= 4 is 5.97 Å². The highest BCUT2D eigenvalue weighted by Crippen LogP contribution is 2.32. The van der Waals surface area contributed by atoms with Crippen LogP contribution in [0.5, 0.6) is 5.75 Å². The molecule has 0 aliphatic rings. The van der Waals surface area contributed by atoms with Crippen molar-refractivity contribution in [2.24, 2.45) is 0 Å². The maximum absolute atomic E-state index is 14.2. The first-order valence-corrected chi connectivity index (χ1v) is 5.72. The monoisotopic (exact) mass is 260 g/mol. The number of halogens is 1. The number of ether oxygens (including phenoxy) is 1.